The fourth-order valence-corrected chi connectivity index (χ4v) is 11.2. The smallest absolute Gasteiger partial charge is 0.164 e. The number of hydrogen-bond donors (Lipinski definition) is 0. The molecule has 0 spiro atoms. The average Bonchev–Trinajstić information content (AvgIpc) is 4.17. The van der Waals surface area contributed by atoms with Gasteiger partial charge in [0, 0.05) is 72.3 Å². The molecular formula is C68H43N7. The van der Waals surface area contributed by atoms with Crippen LogP contribution < -0.4 is 0 Å². The Labute approximate surface area is 431 Å². The van der Waals surface area contributed by atoms with Crippen molar-refractivity contribution in [2.24, 2.45) is 0 Å². The maximum atomic E-state index is 5.27. The van der Waals surface area contributed by atoms with E-state index in [0.29, 0.717) is 17.5 Å². The molecule has 0 amide bonds. The predicted octanol–water partition coefficient (Wildman–Crippen LogP) is 16.9. The van der Waals surface area contributed by atoms with Crippen molar-refractivity contribution in [3.05, 3.63) is 261 Å². The summed E-state index contributed by atoms with van der Waals surface area (Å²) < 4.78 is 6.93. The lowest BCUT2D eigenvalue weighted by Gasteiger charge is -2.13. The molecular weight excluding hydrogens is 915 g/mol. The zero-order chi connectivity index (χ0) is 49.4. The number of pyridine rings is 1. The molecule has 0 atom stereocenters. The van der Waals surface area contributed by atoms with Crippen LogP contribution in [-0.2, 0) is 0 Å². The van der Waals surface area contributed by atoms with Crippen LogP contribution >= 0.6 is 0 Å². The molecule has 15 aromatic rings. The Morgan fingerprint density at radius 3 is 1.15 bits per heavy atom. The summed E-state index contributed by atoms with van der Waals surface area (Å²) in [6, 6.07) is 90.3. The van der Waals surface area contributed by atoms with Crippen LogP contribution in [0.4, 0.5) is 0 Å². The van der Waals surface area contributed by atoms with Crippen molar-refractivity contribution in [2.45, 2.75) is 0 Å². The molecule has 7 heteroatoms. The van der Waals surface area contributed by atoms with Gasteiger partial charge in [-0.2, -0.15) is 0 Å². The summed E-state index contributed by atoms with van der Waals surface area (Å²) >= 11 is 0. The first kappa shape index (κ1) is 42.4. The largest absolute Gasteiger partial charge is 0.309 e. The van der Waals surface area contributed by atoms with Gasteiger partial charge in [0.25, 0.3) is 0 Å². The minimum Gasteiger partial charge on any atom is -0.309 e. The highest BCUT2D eigenvalue weighted by Crippen LogP contribution is 2.39. The zero-order valence-electron chi connectivity index (χ0n) is 40.5. The number of nitrogens with zero attached hydrogens (tertiary/aromatic N) is 7. The quantitative estimate of drug-likeness (QED) is 0.152. The minimum absolute atomic E-state index is 0.576. The second-order valence-electron chi connectivity index (χ2n) is 19.1. The van der Waals surface area contributed by atoms with Gasteiger partial charge in [-0.25, -0.2) is 19.9 Å². The third kappa shape index (κ3) is 7.05. The highest BCUT2D eigenvalue weighted by atomic mass is 15.1. The molecule has 0 saturated carbocycles. The summed E-state index contributed by atoms with van der Waals surface area (Å²) in [7, 11) is 0. The topological polar surface area (TPSA) is 66.3 Å². The van der Waals surface area contributed by atoms with Gasteiger partial charge in [0.1, 0.15) is 5.65 Å². The first-order valence-electron chi connectivity index (χ1n) is 25.3. The van der Waals surface area contributed by atoms with Gasteiger partial charge >= 0.3 is 0 Å². The lowest BCUT2D eigenvalue weighted by atomic mass is 10.0. The third-order valence-corrected chi connectivity index (χ3v) is 14.8. The van der Waals surface area contributed by atoms with E-state index in [9.17, 15) is 0 Å². The third-order valence-electron chi connectivity index (χ3n) is 14.8. The van der Waals surface area contributed by atoms with Crippen LogP contribution in [0.5, 0.6) is 0 Å². The lowest BCUT2D eigenvalue weighted by molar-refractivity contribution is 1.07. The highest BCUT2D eigenvalue weighted by molar-refractivity contribution is 6.12. The highest BCUT2D eigenvalue weighted by Gasteiger charge is 2.19. The van der Waals surface area contributed by atoms with Gasteiger partial charge in [0.15, 0.2) is 17.5 Å². The maximum absolute atomic E-state index is 5.27. The minimum atomic E-state index is 0.576. The normalized spacial score (nSPS) is 11.7. The van der Waals surface area contributed by atoms with Crippen molar-refractivity contribution in [1.29, 1.82) is 0 Å². The summed E-state index contributed by atoms with van der Waals surface area (Å²) in [6.07, 6.45) is 1.86. The zero-order valence-corrected chi connectivity index (χ0v) is 40.5. The van der Waals surface area contributed by atoms with Crippen molar-refractivity contribution in [1.82, 2.24) is 33.6 Å². The molecule has 0 aliphatic heterocycles. The van der Waals surface area contributed by atoms with E-state index in [4.69, 9.17) is 19.9 Å². The van der Waals surface area contributed by atoms with Crippen molar-refractivity contribution in [2.75, 3.05) is 0 Å². The first-order chi connectivity index (χ1) is 37.2. The Morgan fingerprint density at radius 1 is 0.227 bits per heavy atom. The average molecular weight is 958 g/mol. The van der Waals surface area contributed by atoms with E-state index in [0.717, 1.165) is 77.8 Å². The Morgan fingerprint density at radius 2 is 0.627 bits per heavy atom. The molecule has 5 aromatic heterocycles. The van der Waals surface area contributed by atoms with Crippen LogP contribution in [0.25, 0.3) is 139 Å². The van der Waals surface area contributed by atoms with E-state index in [1.807, 2.05) is 12.3 Å². The number of hydrogen-bond acceptors (Lipinski definition) is 4. The number of benzene rings is 10. The maximum Gasteiger partial charge on any atom is 0.164 e. The van der Waals surface area contributed by atoms with Crippen LogP contribution in [0.15, 0.2) is 261 Å². The van der Waals surface area contributed by atoms with E-state index < -0.39 is 0 Å². The van der Waals surface area contributed by atoms with Gasteiger partial charge in [-0.15, -0.1) is 0 Å². The Balaban J connectivity index is 0.857. The SMILES string of the molecule is c1ccc(-c2ccc3c(c2)c2ccccc2n3-c2ccc(-c3nc(-c4ccc(-n5c6ccccc6c6cc(-c7ccccc7)ccc65)cc4)nc(-c4cccc(-n5c6ccccc6c6cccnc65)c4)n3)cc2)cc1. The van der Waals surface area contributed by atoms with Gasteiger partial charge < -0.3 is 9.13 Å². The molecule has 0 unspecified atom stereocenters. The van der Waals surface area contributed by atoms with Crippen LogP contribution in [-0.4, -0.2) is 33.6 Å². The van der Waals surface area contributed by atoms with Gasteiger partial charge in [-0.05, 0) is 138 Å². The van der Waals surface area contributed by atoms with E-state index in [1.54, 1.807) is 0 Å². The second kappa shape index (κ2) is 17.2. The molecule has 7 nitrogen and oxygen atoms in total. The van der Waals surface area contributed by atoms with Crippen LogP contribution in [0, 0.1) is 0 Å². The van der Waals surface area contributed by atoms with Crippen LogP contribution in [0.2, 0.25) is 0 Å². The van der Waals surface area contributed by atoms with E-state index >= 15 is 0 Å². The number of para-hydroxylation sites is 3. The molecule has 0 radical (unpaired) electrons. The van der Waals surface area contributed by atoms with Gasteiger partial charge in [-0.1, -0.05) is 140 Å². The monoisotopic (exact) mass is 957 g/mol. The molecule has 10 aromatic carbocycles. The fraction of sp³-hybridized carbons (Fsp3) is 0. The van der Waals surface area contributed by atoms with E-state index in [-0.39, 0.29) is 0 Å². The molecule has 0 saturated heterocycles. The summed E-state index contributed by atoms with van der Waals surface area (Å²) in [5.41, 5.74) is 17.1. The second-order valence-corrected chi connectivity index (χ2v) is 19.1. The van der Waals surface area contributed by atoms with Gasteiger partial charge in [0.2, 0.25) is 0 Å². The summed E-state index contributed by atoms with van der Waals surface area (Å²) in [6.45, 7) is 0. The molecule has 0 N–H and O–H groups in total. The Hall–Kier alpha value is -10.2. The molecule has 5 heterocycles. The van der Waals surface area contributed by atoms with Gasteiger partial charge in [0.05, 0.1) is 27.6 Å². The Bertz CT molecular complexity index is 4410. The summed E-state index contributed by atoms with van der Waals surface area (Å²) in [5.74, 6) is 1.74. The molecule has 0 fully saturated rings. The van der Waals surface area contributed by atoms with Crippen molar-refractivity contribution in [3.63, 3.8) is 0 Å². The molecule has 0 aliphatic rings. The fourth-order valence-electron chi connectivity index (χ4n) is 11.2. The molecule has 0 aliphatic carbocycles. The number of fused-ring (bicyclic) bond motifs is 9. The van der Waals surface area contributed by atoms with E-state index in [1.165, 1.54) is 43.8 Å². The standard InChI is InChI=1S/C68H43N7/c1-3-15-44(16-4-1)48-32-38-63-58(42-48)55-22-8-10-25-60(55)73(63)51-34-28-46(29-35-51)65-70-66(72-67(71-65)50-19-13-20-53(41-50)75-62-27-12-7-21-54(62)57-24-14-40-69-68(57)75)47-30-36-52(37-31-47)74-61-26-11-9-23-56(61)59-43-49(33-39-64(59)74)45-17-5-2-6-18-45/h1-43H. The number of rotatable bonds is 8. The lowest BCUT2D eigenvalue weighted by Crippen LogP contribution is -2.02. The molecule has 350 valence electrons. The first-order valence-corrected chi connectivity index (χ1v) is 25.3. The van der Waals surface area contributed by atoms with Crippen molar-refractivity contribution < 1.29 is 0 Å². The summed E-state index contributed by atoms with van der Waals surface area (Å²) in [4.78, 5) is 20.7. The van der Waals surface area contributed by atoms with Crippen molar-refractivity contribution >= 4 is 65.5 Å². The van der Waals surface area contributed by atoms with Gasteiger partial charge in [-0.3, -0.25) is 4.57 Å². The predicted molar refractivity (Wildman–Crippen MR) is 308 cm³/mol. The van der Waals surface area contributed by atoms with Crippen molar-refractivity contribution in [3.8, 4) is 73.5 Å². The Kier molecular flexibility index (Phi) is 9.75. The van der Waals surface area contributed by atoms with E-state index in [2.05, 4.69) is 262 Å². The molecule has 0 bridgehead atoms. The summed E-state index contributed by atoms with van der Waals surface area (Å²) in [5, 5.41) is 7.10. The number of aromatic nitrogens is 7. The molecule has 75 heavy (non-hydrogen) atoms. The van der Waals surface area contributed by atoms with Crippen LogP contribution in [0.1, 0.15) is 0 Å². The molecule has 15 rings (SSSR count). The van der Waals surface area contributed by atoms with Crippen LogP contribution in [0.3, 0.4) is 0 Å².